The fourth-order valence-electron chi connectivity index (χ4n) is 3.90. The number of nitrogens with zero attached hydrogens (tertiary/aromatic N) is 1. The molecule has 2 aliphatic rings. The number of halogens is 4. The number of nitrogens with one attached hydrogen (secondary N) is 2. The van der Waals surface area contributed by atoms with Gasteiger partial charge in [-0.05, 0) is 37.9 Å². The summed E-state index contributed by atoms with van der Waals surface area (Å²) in [6.45, 7) is 1.61. The summed E-state index contributed by atoms with van der Waals surface area (Å²) in [6.07, 6.45) is -3.12. The lowest BCUT2D eigenvalue weighted by Gasteiger charge is -2.43. The Morgan fingerprint density at radius 1 is 1.31 bits per heavy atom. The van der Waals surface area contributed by atoms with E-state index in [9.17, 15) is 22.8 Å². The van der Waals surface area contributed by atoms with Gasteiger partial charge in [0, 0.05) is 29.9 Å². The van der Waals surface area contributed by atoms with Gasteiger partial charge in [0.15, 0.2) is 0 Å². The molecule has 1 unspecified atom stereocenters. The number of primary amides is 1. The zero-order valence-electron chi connectivity index (χ0n) is 15.5. The van der Waals surface area contributed by atoms with E-state index >= 15 is 0 Å². The number of ether oxygens (including phenoxy) is 1. The van der Waals surface area contributed by atoms with E-state index in [-0.39, 0.29) is 22.7 Å². The van der Waals surface area contributed by atoms with Crippen LogP contribution in [-0.2, 0) is 9.59 Å². The summed E-state index contributed by atoms with van der Waals surface area (Å²) >= 11 is 5.89. The predicted molar refractivity (Wildman–Crippen MR) is 100 cm³/mol. The number of nitrogens with two attached hydrogens (primary N) is 1. The fourth-order valence-corrected chi connectivity index (χ4v) is 4.13. The Morgan fingerprint density at radius 2 is 2.07 bits per heavy atom. The minimum absolute atomic E-state index is 0.0413. The van der Waals surface area contributed by atoms with Crippen LogP contribution in [0.15, 0.2) is 18.2 Å². The highest BCUT2D eigenvalue weighted by Gasteiger charge is 2.40. The van der Waals surface area contributed by atoms with Crippen LogP contribution >= 0.6 is 11.6 Å². The van der Waals surface area contributed by atoms with Gasteiger partial charge in [0.05, 0.1) is 12.0 Å². The molecule has 11 heteroatoms. The third-order valence-corrected chi connectivity index (χ3v) is 5.35. The molecule has 2 heterocycles. The molecule has 1 aromatic carbocycles. The molecule has 1 aromatic rings. The van der Waals surface area contributed by atoms with Gasteiger partial charge in [0.25, 0.3) is 0 Å². The van der Waals surface area contributed by atoms with E-state index in [4.69, 9.17) is 17.3 Å². The second-order valence-electron chi connectivity index (χ2n) is 7.16. The van der Waals surface area contributed by atoms with Crippen molar-refractivity contribution in [2.45, 2.75) is 37.7 Å². The number of likely N-dealkylation sites (tertiary alicyclic amines) is 1. The molecule has 2 saturated heterocycles. The molecule has 0 aliphatic carbocycles. The highest BCUT2D eigenvalue weighted by molar-refractivity contribution is 6.31. The van der Waals surface area contributed by atoms with Gasteiger partial charge in [0.2, 0.25) is 11.8 Å². The lowest BCUT2D eigenvalue weighted by Crippen LogP contribution is -2.60. The number of hydrogen-bond acceptors (Lipinski definition) is 5. The van der Waals surface area contributed by atoms with Gasteiger partial charge in [-0.25, -0.2) is 0 Å². The maximum atomic E-state index is 13.0. The van der Waals surface area contributed by atoms with Crippen molar-refractivity contribution in [1.82, 2.24) is 10.2 Å². The van der Waals surface area contributed by atoms with Gasteiger partial charge in [0.1, 0.15) is 11.8 Å². The Hall–Kier alpha value is -2.20. The molecule has 7 nitrogen and oxygen atoms in total. The van der Waals surface area contributed by atoms with Gasteiger partial charge in [-0.15, -0.1) is 13.2 Å². The van der Waals surface area contributed by atoms with Gasteiger partial charge in [-0.1, -0.05) is 11.6 Å². The van der Waals surface area contributed by atoms with E-state index in [0.29, 0.717) is 38.9 Å². The van der Waals surface area contributed by atoms with Crippen LogP contribution in [0.25, 0.3) is 0 Å². The van der Waals surface area contributed by atoms with Gasteiger partial charge in [-0.3, -0.25) is 9.59 Å². The second-order valence-corrected chi connectivity index (χ2v) is 7.60. The normalized spacial score (nSPS) is 25.6. The van der Waals surface area contributed by atoms with E-state index in [0.717, 1.165) is 12.1 Å². The Morgan fingerprint density at radius 3 is 2.76 bits per heavy atom. The smallest absolute Gasteiger partial charge is 0.406 e. The van der Waals surface area contributed by atoms with Crippen LogP contribution in [0, 0.1) is 5.92 Å². The first-order valence-corrected chi connectivity index (χ1v) is 9.65. The molecule has 0 spiro atoms. The molecule has 160 valence electrons. The van der Waals surface area contributed by atoms with E-state index < -0.39 is 30.0 Å². The molecular formula is C18H22ClF3N4O3. The number of carbonyl (C=O) groups is 2. The molecule has 3 rings (SSSR count). The lowest BCUT2D eigenvalue weighted by atomic mass is 9.88. The number of anilines is 1. The molecule has 0 saturated carbocycles. The lowest BCUT2D eigenvalue weighted by molar-refractivity contribution is -0.274. The van der Waals surface area contributed by atoms with Crippen LogP contribution in [0.4, 0.5) is 18.9 Å². The second kappa shape index (κ2) is 8.66. The van der Waals surface area contributed by atoms with Gasteiger partial charge < -0.3 is 26.0 Å². The Labute approximate surface area is 170 Å². The highest BCUT2D eigenvalue weighted by atomic mass is 35.5. The van der Waals surface area contributed by atoms with E-state index in [2.05, 4.69) is 15.4 Å². The molecule has 0 bridgehead atoms. The van der Waals surface area contributed by atoms with Crippen molar-refractivity contribution in [3.8, 4) is 5.75 Å². The van der Waals surface area contributed by atoms with Crippen LogP contribution in [0.1, 0.15) is 19.3 Å². The number of benzene rings is 1. The topological polar surface area (TPSA) is 96.7 Å². The molecule has 4 N–H and O–H groups in total. The van der Waals surface area contributed by atoms with Crippen LogP contribution < -0.4 is 21.1 Å². The highest BCUT2D eigenvalue weighted by Crippen LogP contribution is 2.31. The number of amides is 2. The summed E-state index contributed by atoms with van der Waals surface area (Å²) in [4.78, 5) is 26.5. The third kappa shape index (κ3) is 5.45. The Balaban J connectivity index is 1.75. The van der Waals surface area contributed by atoms with Crippen LogP contribution in [0.5, 0.6) is 5.75 Å². The summed E-state index contributed by atoms with van der Waals surface area (Å²) in [5.74, 6) is -1.58. The van der Waals surface area contributed by atoms with E-state index in [1.165, 1.54) is 6.07 Å². The predicted octanol–water partition coefficient (Wildman–Crippen LogP) is 2.10. The van der Waals surface area contributed by atoms with Gasteiger partial charge >= 0.3 is 6.36 Å². The first kappa shape index (κ1) is 21.5. The third-order valence-electron chi connectivity index (χ3n) is 5.13. The minimum Gasteiger partial charge on any atom is -0.406 e. The van der Waals surface area contributed by atoms with Crippen molar-refractivity contribution in [3.63, 3.8) is 0 Å². The quantitative estimate of drug-likeness (QED) is 0.659. The van der Waals surface area contributed by atoms with Crippen molar-refractivity contribution in [2.75, 3.05) is 25.0 Å². The molecule has 0 aromatic heterocycles. The summed E-state index contributed by atoms with van der Waals surface area (Å²) in [5.41, 5.74) is 5.75. The first-order chi connectivity index (χ1) is 13.6. The van der Waals surface area contributed by atoms with E-state index in [1.807, 2.05) is 0 Å². The molecule has 2 aliphatic heterocycles. The fraction of sp³-hybridized carbons (Fsp3) is 0.556. The number of rotatable bonds is 5. The van der Waals surface area contributed by atoms with Crippen molar-refractivity contribution in [1.29, 1.82) is 0 Å². The van der Waals surface area contributed by atoms with Crippen molar-refractivity contribution < 1.29 is 27.5 Å². The maximum absolute atomic E-state index is 13.0. The molecule has 2 amide bonds. The Bertz CT molecular complexity index is 777. The summed E-state index contributed by atoms with van der Waals surface area (Å²) < 4.78 is 41.4. The largest absolute Gasteiger partial charge is 0.573 e. The van der Waals surface area contributed by atoms with E-state index in [1.54, 1.807) is 4.90 Å². The van der Waals surface area contributed by atoms with Gasteiger partial charge in [-0.2, -0.15) is 0 Å². The Kier molecular flexibility index (Phi) is 6.42. The summed E-state index contributed by atoms with van der Waals surface area (Å²) in [5, 5.41) is 6.17. The van der Waals surface area contributed by atoms with Crippen molar-refractivity contribution in [2.24, 2.45) is 11.7 Å². The molecular weight excluding hydrogens is 413 g/mol. The van der Waals surface area contributed by atoms with Crippen LogP contribution in [0.3, 0.4) is 0 Å². The minimum atomic E-state index is -4.85. The number of hydrogen-bond donors (Lipinski definition) is 3. The first-order valence-electron chi connectivity index (χ1n) is 9.27. The van der Waals surface area contributed by atoms with Crippen molar-refractivity contribution >= 4 is 29.1 Å². The molecule has 2 fully saturated rings. The SMILES string of the molecule is NC(=O)[C@H]1CCNC[C@@H]1N1CCCC(Nc2cc(Cl)cc(OC(F)(F)F)c2)C1=O. The molecule has 0 radical (unpaired) electrons. The zero-order valence-corrected chi connectivity index (χ0v) is 16.2. The molecule has 29 heavy (non-hydrogen) atoms. The summed E-state index contributed by atoms with van der Waals surface area (Å²) in [7, 11) is 0. The maximum Gasteiger partial charge on any atom is 0.573 e. The monoisotopic (exact) mass is 434 g/mol. The number of carbonyl (C=O) groups excluding carboxylic acids is 2. The van der Waals surface area contributed by atoms with Crippen LogP contribution in [0.2, 0.25) is 5.02 Å². The van der Waals surface area contributed by atoms with Crippen LogP contribution in [-0.4, -0.2) is 54.8 Å². The number of piperidine rings is 2. The average molecular weight is 435 g/mol. The average Bonchev–Trinajstić information content (AvgIpc) is 2.61. The van der Waals surface area contributed by atoms with Crippen molar-refractivity contribution in [3.05, 3.63) is 23.2 Å². The standard InChI is InChI=1S/C18H22ClF3N4O3/c19-10-6-11(8-12(7-10)29-18(20,21)22)25-14-2-1-5-26(17(14)28)15-9-24-4-3-13(15)16(23)27/h6-8,13-15,24-25H,1-5,9H2,(H2,23,27)/t13-,14?,15-/m0/s1. The number of alkyl halides is 3. The summed E-state index contributed by atoms with van der Waals surface area (Å²) in [6, 6.07) is 2.60. The zero-order chi connectivity index (χ0) is 21.2. The molecule has 3 atom stereocenters.